The highest BCUT2D eigenvalue weighted by Gasteiger charge is 2.34. The topological polar surface area (TPSA) is 117 Å². The number of ether oxygens (including phenoxy) is 1. The number of likely N-dealkylation sites (N-methyl/N-ethyl adjacent to an activating group) is 1. The van der Waals surface area contributed by atoms with Crippen LogP contribution in [0.25, 0.3) is 0 Å². The van der Waals surface area contributed by atoms with Crippen LogP contribution in [0, 0.1) is 5.92 Å². The van der Waals surface area contributed by atoms with Crippen molar-refractivity contribution in [3.05, 3.63) is 71.7 Å². The maximum atomic E-state index is 13.6. The van der Waals surface area contributed by atoms with E-state index in [1.165, 1.54) is 52.3 Å². The number of hydrogen-bond donors (Lipinski definition) is 2. The third-order valence-corrected chi connectivity index (χ3v) is 8.36. The maximum absolute atomic E-state index is 13.6. The fourth-order valence-corrected chi connectivity index (χ4v) is 5.75. The Bertz CT molecular complexity index is 1510. The molecule has 1 aromatic heterocycles. The molecule has 0 bridgehead atoms. The summed E-state index contributed by atoms with van der Waals surface area (Å²) >= 11 is 0. The van der Waals surface area contributed by atoms with Crippen LogP contribution in [0.15, 0.2) is 60.0 Å². The number of halogens is 3. The Morgan fingerprint density at radius 2 is 1.90 bits per heavy atom. The number of aliphatic hydroxyl groups is 1. The standard InChI is InChI=1S/C28H34F3N5O5S/c1-18-12-36(19(2)16-37)27(38)23-11-22(33-42(39,40)26-15-35(4)17-32-26)9-10-24(23)41-25(18)14-34(3)13-20-5-7-21(8-6-20)28(29,30)31/h5-11,15,17-19,25,33,37H,12-14,16H2,1-4H3/t18-,19-,25-/m0/s1. The van der Waals surface area contributed by atoms with Crippen molar-refractivity contribution >= 4 is 21.6 Å². The smallest absolute Gasteiger partial charge is 0.416 e. The van der Waals surface area contributed by atoms with E-state index in [-0.39, 0.29) is 41.1 Å². The molecule has 2 aromatic carbocycles. The van der Waals surface area contributed by atoms with Gasteiger partial charge in [-0.2, -0.15) is 21.6 Å². The van der Waals surface area contributed by atoms with Crippen LogP contribution < -0.4 is 9.46 Å². The van der Waals surface area contributed by atoms with Crippen molar-refractivity contribution < 1.29 is 36.2 Å². The Labute approximate surface area is 242 Å². The highest BCUT2D eigenvalue weighted by molar-refractivity contribution is 7.92. The summed E-state index contributed by atoms with van der Waals surface area (Å²) in [5.74, 6) is -0.363. The summed E-state index contributed by atoms with van der Waals surface area (Å²) in [6.45, 7) is 4.35. The van der Waals surface area contributed by atoms with Gasteiger partial charge < -0.3 is 19.3 Å². The van der Waals surface area contributed by atoms with Crippen LogP contribution in [-0.4, -0.2) is 77.7 Å². The molecule has 0 fully saturated rings. The lowest BCUT2D eigenvalue weighted by atomic mass is 9.99. The molecule has 42 heavy (non-hydrogen) atoms. The molecule has 1 amide bonds. The summed E-state index contributed by atoms with van der Waals surface area (Å²) in [4.78, 5) is 21.0. The number of benzene rings is 2. The number of anilines is 1. The number of hydrogen-bond acceptors (Lipinski definition) is 7. The van der Waals surface area contributed by atoms with Crippen LogP contribution in [-0.2, 0) is 29.8 Å². The third kappa shape index (κ3) is 7.23. The molecule has 0 unspecified atom stereocenters. The van der Waals surface area contributed by atoms with Crippen molar-refractivity contribution in [1.29, 1.82) is 0 Å². The molecule has 0 radical (unpaired) electrons. The number of aromatic nitrogens is 2. The molecular formula is C28H34F3N5O5S. The minimum atomic E-state index is -4.41. The van der Waals surface area contributed by atoms with Crippen molar-refractivity contribution in [2.45, 2.75) is 43.7 Å². The average molecular weight is 610 g/mol. The van der Waals surface area contributed by atoms with E-state index < -0.39 is 39.8 Å². The zero-order valence-electron chi connectivity index (χ0n) is 23.7. The highest BCUT2D eigenvalue weighted by atomic mass is 32.2. The molecule has 0 aliphatic carbocycles. The molecule has 0 saturated carbocycles. The average Bonchev–Trinajstić information content (AvgIpc) is 3.37. The monoisotopic (exact) mass is 609 g/mol. The van der Waals surface area contributed by atoms with Gasteiger partial charge in [0.2, 0.25) is 0 Å². The SMILES string of the molecule is C[C@H]1CN([C@@H](C)CO)C(=O)c2cc(NS(=O)(=O)c3cn(C)cn3)ccc2O[C@H]1CN(C)Cc1ccc(C(F)(F)F)cc1. The molecule has 4 rings (SSSR count). The summed E-state index contributed by atoms with van der Waals surface area (Å²) < 4.78 is 74.8. The summed E-state index contributed by atoms with van der Waals surface area (Å²) in [6.07, 6.45) is -2.15. The van der Waals surface area contributed by atoms with Gasteiger partial charge in [0.05, 0.1) is 30.1 Å². The fourth-order valence-electron chi connectivity index (χ4n) is 4.72. The number of fused-ring (bicyclic) bond motifs is 1. The van der Waals surface area contributed by atoms with E-state index in [2.05, 4.69) is 9.71 Å². The molecule has 3 atom stereocenters. The van der Waals surface area contributed by atoms with Crippen LogP contribution in [0.2, 0.25) is 0 Å². The molecular weight excluding hydrogens is 575 g/mol. The minimum absolute atomic E-state index is 0.124. The lowest BCUT2D eigenvalue weighted by Gasteiger charge is -2.38. The highest BCUT2D eigenvalue weighted by Crippen LogP contribution is 2.32. The van der Waals surface area contributed by atoms with Crippen LogP contribution >= 0.6 is 0 Å². The molecule has 2 heterocycles. The lowest BCUT2D eigenvalue weighted by molar-refractivity contribution is -0.137. The predicted molar refractivity (Wildman–Crippen MR) is 149 cm³/mol. The number of carbonyl (C=O) groups excluding carboxylic acids is 1. The van der Waals surface area contributed by atoms with Gasteiger partial charge in [-0.1, -0.05) is 19.1 Å². The first-order valence-electron chi connectivity index (χ1n) is 13.3. The lowest BCUT2D eigenvalue weighted by Crippen LogP contribution is -2.49. The van der Waals surface area contributed by atoms with E-state index in [0.717, 1.165) is 12.1 Å². The first-order chi connectivity index (χ1) is 19.7. The Kier molecular flexibility index (Phi) is 9.18. The molecule has 2 N–H and O–H groups in total. The van der Waals surface area contributed by atoms with E-state index in [1.807, 2.05) is 18.9 Å². The zero-order valence-corrected chi connectivity index (χ0v) is 24.5. The molecule has 0 saturated heterocycles. The summed E-state index contributed by atoms with van der Waals surface area (Å²) in [7, 11) is -0.557. The van der Waals surface area contributed by atoms with E-state index >= 15 is 0 Å². The van der Waals surface area contributed by atoms with Gasteiger partial charge in [0.25, 0.3) is 15.9 Å². The van der Waals surface area contributed by atoms with Gasteiger partial charge in [-0.05, 0) is 49.9 Å². The largest absolute Gasteiger partial charge is 0.488 e. The van der Waals surface area contributed by atoms with E-state index in [9.17, 15) is 31.5 Å². The molecule has 1 aliphatic heterocycles. The minimum Gasteiger partial charge on any atom is -0.488 e. The van der Waals surface area contributed by atoms with E-state index in [1.54, 1.807) is 14.0 Å². The van der Waals surface area contributed by atoms with Gasteiger partial charge in [0.1, 0.15) is 11.9 Å². The molecule has 0 spiro atoms. The zero-order chi connectivity index (χ0) is 30.8. The van der Waals surface area contributed by atoms with Crippen LogP contribution in [0.4, 0.5) is 18.9 Å². The Morgan fingerprint density at radius 1 is 1.21 bits per heavy atom. The first kappa shape index (κ1) is 31.3. The number of carbonyl (C=O) groups is 1. The number of sulfonamides is 1. The molecule has 3 aromatic rings. The molecule has 14 heteroatoms. The van der Waals surface area contributed by atoms with Crippen molar-refractivity contribution in [3.8, 4) is 5.75 Å². The Balaban J connectivity index is 1.59. The quantitative estimate of drug-likeness (QED) is 0.381. The Morgan fingerprint density at radius 3 is 2.50 bits per heavy atom. The van der Waals surface area contributed by atoms with Gasteiger partial charge in [0.15, 0.2) is 5.03 Å². The van der Waals surface area contributed by atoms with Gasteiger partial charge in [-0.15, -0.1) is 0 Å². The number of nitrogens with one attached hydrogen (secondary N) is 1. The molecule has 228 valence electrons. The summed E-state index contributed by atoms with van der Waals surface area (Å²) in [6, 6.07) is 8.86. The number of imidazole rings is 1. The predicted octanol–water partition coefficient (Wildman–Crippen LogP) is 3.59. The number of alkyl halides is 3. The van der Waals surface area contributed by atoms with Gasteiger partial charge >= 0.3 is 6.18 Å². The van der Waals surface area contributed by atoms with Crippen molar-refractivity contribution in [3.63, 3.8) is 0 Å². The molecule has 10 nitrogen and oxygen atoms in total. The normalized spacial score (nSPS) is 18.7. The van der Waals surface area contributed by atoms with Crippen molar-refractivity contribution in [1.82, 2.24) is 19.4 Å². The van der Waals surface area contributed by atoms with Crippen molar-refractivity contribution in [2.75, 3.05) is 31.5 Å². The van der Waals surface area contributed by atoms with E-state index in [0.29, 0.717) is 18.7 Å². The number of rotatable bonds is 9. The van der Waals surface area contributed by atoms with Crippen LogP contribution in [0.5, 0.6) is 5.75 Å². The second kappa shape index (κ2) is 12.3. The number of aryl methyl sites for hydroxylation is 1. The van der Waals surface area contributed by atoms with Gasteiger partial charge in [-0.3, -0.25) is 14.4 Å². The fraction of sp³-hybridized carbons (Fsp3) is 0.429. The van der Waals surface area contributed by atoms with Crippen LogP contribution in [0.1, 0.15) is 35.3 Å². The number of aliphatic hydroxyl groups excluding tert-OH is 1. The maximum Gasteiger partial charge on any atom is 0.416 e. The van der Waals surface area contributed by atoms with Gasteiger partial charge in [-0.25, -0.2) is 4.98 Å². The molecule has 1 aliphatic rings. The second-order valence-corrected chi connectivity index (χ2v) is 12.3. The van der Waals surface area contributed by atoms with Crippen LogP contribution in [0.3, 0.4) is 0 Å². The number of amides is 1. The van der Waals surface area contributed by atoms with Gasteiger partial charge in [0, 0.05) is 44.5 Å². The van der Waals surface area contributed by atoms with E-state index in [4.69, 9.17) is 4.74 Å². The second-order valence-electron chi connectivity index (χ2n) is 10.7. The first-order valence-corrected chi connectivity index (χ1v) is 14.7. The summed E-state index contributed by atoms with van der Waals surface area (Å²) in [5, 5.41) is 9.70. The summed E-state index contributed by atoms with van der Waals surface area (Å²) in [5.41, 5.74) is 0.239. The Hall–Kier alpha value is -3.62. The van der Waals surface area contributed by atoms with Crippen molar-refractivity contribution in [2.24, 2.45) is 13.0 Å². The third-order valence-electron chi connectivity index (χ3n) is 7.10. The number of nitrogens with zero attached hydrogens (tertiary/aromatic N) is 4.